The van der Waals surface area contributed by atoms with Crippen LogP contribution in [0.3, 0.4) is 0 Å². The average molecular weight is 470 g/mol. The molecule has 1 N–H and O–H groups in total. The Morgan fingerprint density at radius 2 is 1.52 bits per heavy atom. The summed E-state index contributed by atoms with van der Waals surface area (Å²) in [5.41, 5.74) is -3.00. The molecule has 0 amide bonds. The fourth-order valence-corrected chi connectivity index (χ4v) is 3.20. The Morgan fingerprint density at radius 1 is 0.966 bits per heavy atom. The minimum Gasteiger partial charge on any atom is -0.497 e. The highest BCUT2D eigenvalue weighted by molar-refractivity contribution is 9.10. The molecule has 29 heavy (non-hydrogen) atoms. The summed E-state index contributed by atoms with van der Waals surface area (Å²) < 4.78 is 1.11. The molecule has 0 unspecified atom stereocenters. The van der Waals surface area contributed by atoms with Gasteiger partial charge in [0.1, 0.15) is 5.82 Å². The van der Waals surface area contributed by atoms with E-state index in [0.29, 0.717) is 12.1 Å². The third-order valence-corrected chi connectivity index (χ3v) is 4.67. The van der Waals surface area contributed by atoms with Gasteiger partial charge in [-0.1, -0.05) is 0 Å². The molecular formula is C16H16BrN5O7. The van der Waals surface area contributed by atoms with Crippen LogP contribution in [0.4, 0.5) is 22.9 Å². The number of non-ortho nitro benzene ring substituents is 1. The number of phenols is 1. The summed E-state index contributed by atoms with van der Waals surface area (Å²) in [6, 6.07) is 4.90. The molecule has 2 aromatic rings. The third kappa shape index (κ3) is 5.57. The number of piperidine rings is 1. The number of nitrogens with zero attached hydrogens (tertiary/aromatic N) is 5. The van der Waals surface area contributed by atoms with Crippen molar-refractivity contribution in [3.63, 3.8) is 0 Å². The van der Waals surface area contributed by atoms with Gasteiger partial charge in [-0.15, -0.1) is 0 Å². The number of rotatable bonds is 4. The average Bonchev–Trinajstić information content (AvgIpc) is 2.69. The molecule has 0 bridgehead atoms. The van der Waals surface area contributed by atoms with Gasteiger partial charge >= 0.3 is 11.4 Å². The van der Waals surface area contributed by atoms with Crippen LogP contribution in [0.1, 0.15) is 19.3 Å². The molecule has 13 heteroatoms. The van der Waals surface area contributed by atoms with Gasteiger partial charge < -0.3 is 10.0 Å². The molecule has 1 aliphatic rings. The summed E-state index contributed by atoms with van der Waals surface area (Å²) in [4.78, 5) is 34.5. The topological polar surface area (TPSA) is 166 Å². The van der Waals surface area contributed by atoms with Gasteiger partial charge in [-0.05, 0) is 47.3 Å². The molecule has 0 aliphatic carbocycles. The predicted molar refractivity (Wildman–Crippen MR) is 106 cm³/mol. The summed E-state index contributed by atoms with van der Waals surface area (Å²) in [5, 5.41) is 40.2. The summed E-state index contributed by atoms with van der Waals surface area (Å²) in [6.07, 6.45) is 5.81. The monoisotopic (exact) mass is 469 g/mol. The van der Waals surface area contributed by atoms with Crippen molar-refractivity contribution in [3.05, 3.63) is 65.3 Å². The van der Waals surface area contributed by atoms with Crippen molar-refractivity contribution >= 4 is 38.8 Å². The van der Waals surface area contributed by atoms with Gasteiger partial charge in [0.2, 0.25) is 0 Å². The predicted octanol–water partition coefficient (Wildman–Crippen LogP) is 3.95. The number of aromatic hydroxyl groups is 1. The van der Waals surface area contributed by atoms with Crippen LogP contribution in [0.2, 0.25) is 0 Å². The van der Waals surface area contributed by atoms with E-state index in [2.05, 4.69) is 31.9 Å². The Kier molecular flexibility index (Phi) is 7.36. The van der Waals surface area contributed by atoms with Gasteiger partial charge in [0.15, 0.2) is 0 Å². The lowest BCUT2D eigenvalue weighted by Crippen LogP contribution is -2.30. The van der Waals surface area contributed by atoms with E-state index in [1.807, 2.05) is 12.3 Å². The van der Waals surface area contributed by atoms with E-state index in [1.54, 1.807) is 0 Å². The molecule has 2 heterocycles. The number of aromatic nitrogens is 1. The van der Waals surface area contributed by atoms with Crippen molar-refractivity contribution in [1.82, 2.24) is 4.98 Å². The smallest absolute Gasteiger partial charge is 0.324 e. The molecule has 12 nitrogen and oxygen atoms in total. The van der Waals surface area contributed by atoms with E-state index < -0.39 is 37.6 Å². The lowest BCUT2D eigenvalue weighted by molar-refractivity contribution is -0.404. The zero-order valence-corrected chi connectivity index (χ0v) is 16.5. The van der Waals surface area contributed by atoms with E-state index in [0.717, 1.165) is 23.4 Å². The van der Waals surface area contributed by atoms with Crippen molar-refractivity contribution in [2.75, 3.05) is 18.0 Å². The molecule has 1 aromatic carbocycles. The van der Waals surface area contributed by atoms with Gasteiger partial charge in [0.05, 0.1) is 31.4 Å². The van der Waals surface area contributed by atoms with Crippen LogP contribution in [-0.2, 0) is 0 Å². The van der Waals surface area contributed by atoms with E-state index in [1.165, 1.54) is 19.3 Å². The second-order valence-electron chi connectivity index (χ2n) is 5.96. The molecule has 0 spiro atoms. The van der Waals surface area contributed by atoms with Crippen molar-refractivity contribution in [2.45, 2.75) is 19.3 Å². The molecule has 0 saturated carbocycles. The number of benzene rings is 1. The number of nitro groups is 3. The first-order chi connectivity index (χ1) is 13.7. The molecule has 0 atom stereocenters. The van der Waals surface area contributed by atoms with E-state index >= 15 is 0 Å². The highest BCUT2D eigenvalue weighted by atomic mass is 79.9. The zero-order valence-electron chi connectivity index (χ0n) is 14.9. The maximum atomic E-state index is 10.4. The van der Waals surface area contributed by atoms with Crippen LogP contribution >= 0.6 is 15.9 Å². The van der Waals surface area contributed by atoms with Gasteiger partial charge in [-0.3, -0.25) is 30.3 Å². The van der Waals surface area contributed by atoms with Gasteiger partial charge in [0.25, 0.3) is 11.4 Å². The highest BCUT2D eigenvalue weighted by Crippen LogP contribution is 2.38. The number of pyridine rings is 1. The summed E-state index contributed by atoms with van der Waals surface area (Å²) in [5.74, 6) is -0.109. The minimum absolute atomic E-state index is 0.447. The quantitative estimate of drug-likeness (QED) is 0.514. The Balaban J connectivity index is 0.000000211. The van der Waals surface area contributed by atoms with E-state index in [-0.39, 0.29) is 0 Å². The first-order valence-corrected chi connectivity index (χ1v) is 9.17. The number of hydrogen-bond donors (Lipinski definition) is 1. The number of nitro benzene ring substituents is 3. The van der Waals surface area contributed by atoms with Crippen LogP contribution in [0.25, 0.3) is 0 Å². The number of anilines is 1. The van der Waals surface area contributed by atoms with Crippen LogP contribution < -0.4 is 4.90 Å². The largest absolute Gasteiger partial charge is 0.497 e. The van der Waals surface area contributed by atoms with Crippen molar-refractivity contribution in [1.29, 1.82) is 0 Å². The first kappa shape index (κ1) is 21.9. The third-order valence-electron chi connectivity index (χ3n) is 4.05. The maximum absolute atomic E-state index is 10.4. The molecule has 3 rings (SSSR count). The molecule has 1 saturated heterocycles. The second kappa shape index (κ2) is 9.73. The van der Waals surface area contributed by atoms with Gasteiger partial charge in [-0.25, -0.2) is 4.98 Å². The summed E-state index contributed by atoms with van der Waals surface area (Å²) >= 11 is 3.53. The number of phenolic OH excluding ortho intramolecular Hbond substituents is 1. The lowest BCUT2D eigenvalue weighted by Gasteiger charge is -2.28. The van der Waals surface area contributed by atoms with Gasteiger partial charge in [0, 0.05) is 19.3 Å². The van der Waals surface area contributed by atoms with E-state index in [9.17, 15) is 30.3 Å². The molecular weight excluding hydrogens is 454 g/mol. The molecule has 0 radical (unpaired) electrons. The zero-order chi connectivity index (χ0) is 21.6. The van der Waals surface area contributed by atoms with Crippen molar-refractivity contribution < 1.29 is 19.9 Å². The SMILES string of the molecule is Brc1cccnc1N1CCCCC1.O=[N+]([O-])c1cc([N+](=O)[O-])c(O)c([N+](=O)[O-])c1. The lowest BCUT2D eigenvalue weighted by atomic mass is 10.1. The molecule has 1 fully saturated rings. The maximum Gasteiger partial charge on any atom is 0.324 e. The van der Waals surface area contributed by atoms with E-state index in [4.69, 9.17) is 5.11 Å². The number of hydrogen-bond acceptors (Lipinski definition) is 9. The highest BCUT2D eigenvalue weighted by Gasteiger charge is 2.30. The fraction of sp³-hybridized carbons (Fsp3) is 0.312. The van der Waals surface area contributed by atoms with Crippen LogP contribution in [-0.4, -0.2) is 37.9 Å². The van der Waals surface area contributed by atoms with Crippen molar-refractivity contribution in [2.24, 2.45) is 0 Å². The Labute approximate surface area is 172 Å². The summed E-state index contributed by atoms with van der Waals surface area (Å²) in [7, 11) is 0. The van der Waals surface area contributed by atoms with Crippen LogP contribution in [0, 0.1) is 30.3 Å². The fourth-order valence-electron chi connectivity index (χ4n) is 2.69. The Hall–Kier alpha value is -3.35. The van der Waals surface area contributed by atoms with Crippen LogP contribution in [0.5, 0.6) is 5.75 Å². The first-order valence-electron chi connectivity index (χ1n) is 8.38. The molecule has 1 aliphatic heterocycles. The Morgan fingerprint density at radius 3 is 1.97 bits per heavy atom. The molecule has 1 aromatic heterocycles. The minimum atomic E-state index is -1.21. The second-order valence-corrected chi connectivity index (χ2v) is 6.81. The Bertz CT molecular complexity index is 899. The molecule has 154 valence electrons. The van der Waals surface area contributed by atoms with Crippen LogP contribution in [0.15, 0.2) is 34.9 Å². The normalized spacial score (nSPS) is 13.2. The number of halogens is 1. The standard InChI is InChI=1S/C10H13BrN2.C6H3N3O7/c11-9-5-4-6-12-10(9)13-7-2-1-3-8-13;10-6-4(8(13)14)1-3(7(11)12)2-5(6)9(15)16/h4-6H,1-3,7-8H2;1-2,10H. The van der Waals surface area contributed by atoms with Gasteiger partial charge in [-0.2, -0.15) is 0 Å². The summed E-state index contributed by atoms with van der Waals surface area (Å²) in [6.45, 7) is 2.30. The van der Waals surface area contributed by atoms with Crippen molar-refractivity contribution in [3.8, 4) is 5.75 Å².